The molecule has 5 nitrogen and oxygen atoms in total. The smallest absolute Gasteiger partial charge is 0.263 e. The van der Waals surface area contributed by atoms with Gasteiger partial charge in [-0.1, -0.05) is 11.3 Å². The molecule has 0 unspecified atom stereocenters. The Morgan fingerprint density at radius 2 is 2.14 bits per heavy atom. The number of thiazole rings is 1. The Kier molecular flexibility index (Phi) is 3.84. The average Bonchev–Trinajstić information content (AvgIpc) is 2.81. The SMILES string of the molecule is O=C(Nc1nc2c(s1)C(=O)NCCC2)c1ccc(F)c(F)c1. The Bertz CT molecular complexity index is 761. The molecule has 22 heavy (non-hydrogen) atoms. The first-order chi connectivity index (χ1) is 10.5. The molecule has 2 aromatic rings. The summed E-state index contributed by atoms with van der Waals surface area (Å²) in [6.45, 7) is 0.596. The average molecular weight is 323 g/mol. The van der Waals surface area contributed by atoms with Crippen LogP contribution in [-0.4, -0.2) is 23.3 Å². The van der Waals surface area contributed by atoms with Crippen LogP contribution in [0.3, 0.4) is 0 Å². The van der Waals surface area contributed by atoms with E-state index in [1.165, 1.54) is 6.07 Å². The fourth-order valence-electron chi connectivity index (χ4n) is 2.10. The Hall–Kier alpha value is -2.35. The predicted molar refractivity (Wildman–Crippen MR) is 77.1 cm³/mol. The number of amides is 2. The number of hydrogen-bond acceptors (Lipinski definition) is 4. The summed E-state index contributed by atoms with van der Waals surface area (Å²) in [5.41, 5.74) is 0.620. The van der Waals surface area contributed by atoms with E-state index in [4.69, 9.17) is 0 Å². The summed E-state index contributed by atoms with van der Waals surface area (Å²) in [7, 11) is 0. The summed E-state index contributed by atoms with van der Waals surface area (Å²) in [5, 5.41) is 5.50. The van der Waals surface area contributed by atoms with Crippen molar-refractivity contribution in [2.75, 3.05) is 11.9 Å². The van der Waals surface area contributed by atoms with Crippen molar-refractivity contribution in [1.29, 1.82) is 0 Å². The van der Waals surface area contributed by atoms with Gasteiger partial charge in [0.2, 0.25) is 0 Å². The minimum atomic E-state index is -1.10. The maximum atomic E-state index is 13.1. The number of carbonyl (C=O) groups is 2. The number of rotatable bonds is 2. The van der Waals surface area contributed by atoms with Crippen molar-refractivity contribution < 1.29 is 18.4 Å². The number of aryl methyl sites for hydroxylation is 1. The molecule has 0 saturated carbocycles. The molecule has 0 spiro atoms. The van der Waals surface area contributed by atoms with Gasteiger partial charge in [-0.15, -0.1) is 0 Å². The maximum absolute atomic E-state index is 13.1. The van der Waals surface area contributed by atoms with Crippen molar-refractivity contribution in [3.05, 3.63) is 46.0 Å². The standard InChI is InChI=1S/C14H11F2N3O2S/c15-8-4-3-7(6-9(8)16)12(20)19-14-18-10-2-1-5-17-13(21)11(10)22-14/h3-4,6H,1-2,5H2,(H,17,21)(H,18,19,20). The monoisotopic (exact) mass is 323 g/mol. The summed E-state index contributed by atoms with van der Waals surface area (Å²) in [5.74, 6) is -2.93. The van der Waals surface area contributed by atoms with Crippen LogP contribution in [0.4, 0.5) is 13.9 Å². The van der Waals surface area contributed by atoms with Crippen LogP contribution in [0.2, 0.25) is 0 Å². The molecule has 2 amide bonds. The second-order valence-electron chi connectivity index (χ2n) is 4.74. The molecule has 2 heterocycles. The van der Waals surface area contributed by atoms with Crippen LogP contribution in [0.15, 0.2) is 18.2 Å². The van der Waals surface area contributed by atoms with Crippen molar-refractivity contribution in [2.45, 2.75) is 12.8 Å². The Morgan fingerprint density at radius 3 is 2.91 bits per heavy atom. The van der Waals surface area contributed by atoms with Gasteiger partial charge in [0.15, 0.2) is 16.8 Å². The summed E-state index contributed by atoms with van der Waals surface area (Å²) in [6, 6.07) is 2.88. The number of carbonyl (C=O) groups excluding carboxylic acids is 2. The van der Waals surface area contributed by atoms with Crippen LogP contribution in [0.5, 0.6) is 0 Å². The molecular weight excluding hydrogens is 312 g/mol. The molecule has 1 aromatic heterocycles. The highest BCUT2D eigenvalue weighted by Crippen LogP contribution is 2.26. The number of nitrogens with zero attached hydrogens (tertiary/aromatic N) is 1. The second kappa shape index (κ2) is 5.80. The molecule has 0 atom stereocenters. The molecule has 3 rings (SSSR count). The highest BCUT2D eigenvalue weighted by molar-refractivity contribution is 7.17. The zero-order chi connectivity index (χ0) is 15.7. The Labute approximate surface area is 128 Å². The molecule has 0 fully saturated rings. The fourth-order valence-corrected chi connectivity index (χ4v) is 3.02. The van der Waals surface area contributed by atoms with Crippen LogP contribution < -0.4 is 10.6 Å². The number of hydrogen-bond donors (Lipinski definition) is 2. The van der Waals surface area contributed by atoms with E-state index >= 15 is 0 Å². The molecule has 0 aliphatic carbocycles. The highest BCUT2D eigenvalue weighted by Gasteiger charge is 2.21. The lowest BCUT2D eigenvalue weighted by Gasteiger charge is -2.02. The molecule has 2 N–H and O–H groups in total. The topological polar surface area (TPSA) is 71.1 Å². The van der Waals surface area contributed by atoms with Gasteiger partial charge in [-0.05, 0) is 31.0 Å². The molecular formula is C14H11F2N3O2S. The van der Waals surface area contributed by atoms with Gasteiger partial charge in [0.05, 0.1) is 5.69 Å². The molecule has 0 radical (unpaired) electrons. The minimum absolute atomic E-state index is 0.0197. The number of aromatic nitrogens is 1. The van der Waals surface area contributed by atoms with Crippen LogP contribution in [0.25, 0.3) is 0 Å². The lowest BCUT2D eigenvalue weighted by atomic mass is 10.2. The van der Waals surface area contributed by atoms with Crippen molar-refractivity contribution in [3.63, 3.8) is 0 Å². The van der Waals surface area contributed by atoms with E-state index in [1.54, 1.807) is 0 Å². The van der Waals surface area contributed by atoms with Gasteiger partial charge in [0.25, 0.3) is 11.8 Å². The quantitative estimate of drug-likeness (QED) is 0.891. The molecule has 8 heteroatoms. The lowest BCUT2D eigenvalue weighted by molar-refractivity contribution is 0.0958. The van der Waals surface area contributed by atoms with Gasteiger partial charge in [-0.25, -0.2) is 13.8 Å². The minimum Gasteiger partial charge on any atom is -0.351 e. The summed E-state index contributed by atoms with van der Waals surface area (Å²) < 4.78 is 26.0. The van der Waals surface area contributed by atoms with Crippen LogP contribution in [0.1, 0.15) is 32.1 Å². The van der Waals surface area contributed by atoms with E-state index in [1.807, 2.05) is 0 Å². The number of nitrogens with one attached hydrogen (secondary N) is 2. The van der Waals surface area contributed by atoms with Gasteiger partial charge in [0, 0.05) is 12.1 Å². The third kappa shape index (κ3) is 2.82. The van der Waals surface area contributed by atoms with Crippen molar-refractivity contribution in [3.8, 4) is 0 Å². The molecule has 114 valence electrons. The summed E-state index contributed by atoms with van der Waals surface area (Å²) in [4.78, 5) is 28.5. The van der Waals surface area contributed by atoms with Crippen molar-refractivity contribution >= 4 is 28.3 Å². The number of halogens is 2. The number of benzene rings is 1. The van der Waals surface area contributed by atoms with Crippen LogP contribution in [0, 0.1) is 11.6 Å². The molecule has 1 aromatic carbocycles. The zero-order valence-corrected chi connectivity index (χ0v) is 12.1. The van der Waals surface area contributed by atoms with E-state index < -0.39 is 17.5 Å². The van der Waals surface area contributed by atoms with Crippen LogP contribution >= 0.6 is 11.3 Å². The van der Waals surface area contributed by atoms with Gasteiger partial charge >= 0.3 is 0 Å². The summed E-state index contributed by atoms with van der Waals surface area (Å²) in [6.07, 6.45) is 1.42. The van der Waals surface area contributed by atoms with Gasteiger partial charge in [0.1, 0.15) is 4.88 Å². The molecule has 1 aliphatic heterocycles. The maximum Gasteiger partial charge on any atom is 0.263 e. The summed E-state index contributed by atoms with van der Waals surface area (Å²) >= 11 is 1.06. The first-order valence-corrected chi connectivity index (χ1v) is 7.40. The van der Waals surface area contributed by atoms with Crippen LogP contribution in [-0.2, 0) is 6.42 Å². The first-order valence-electron chi connectivity index (χ1n) is 6.59. The van der Waals surface area contributed by atoms with Gasteiger partial charge in [-0.2, -0.15) is 0 Å². The normalized spacial score (nSPS) is 14.0. The predicted octanol–water partition coefficient (Wildman–Crippen LogP) is 2.35. The molecule has 0 bridgehead atoms. The van der Waals surface area contributed by atoms with E-state index in [0.717, 1.165) is 29.9 Å². The number of anilines is 1. The highest BCUT2D eigenvalue weighted by atomic mass is 32.1. The largest absolute Gasteiger partial charge is 0.351 e. The van der Waals surface area contributed by atoms with E-state index in [9.17, 15) is 18.4 Å². The zero-order valence-electron chi connectivity index (χ0n) is 11.3. The second-order valence-corrected chi connectivity index (χ2v) is 5.74. The molecule has 0 saturated heterocycles. The van der Waals surface area contributed by atoms with Crippen molar-refractivity contribution in [2.24, 2.45) is 0 Å². The van der Waals surface area contributed by atoms with Gasteiger partial charge < -0.3 is 5.32 Å². The van der Waals surface area contributed by atoms with E-state index in [-0.39, 0.29) is 16.6 Å². The Balaban J connectivity index is 1.81. The Morgan fingerprint density at radius 1 is 1.32 bits per heavy atom. The lowest BCUT2D eigenvalue weighted by Crippen LogP contribution is -2.21. The third-order valence-corrected chi connectivity index (χ3v) is 4.19. The first kappa shape index (κ1) is 14.6. The van der Waals surface area contributed by atoms with E-state index in [2.05, 4.69) is 15.6 Å². The van der Waals surface area contributed by atoms with Crippen molar-refractivity contribution in [1.82, 2.24) is 10.3 Å². The fraction of sp³-hybridized carbons (Fsp3) is 0.214. The third-order valence-electron chi connectivity index (χ3n) is 3.18. The van der Waals surface area contributed by atoms with Gasteiger partial charge in [-0.3, -0.25) is 14.9 Å². The number of fused-ring (bicyclic) bond motifs is 1. The molecule has 1 aliphatic rings. The van der Waals surface area contributed by atoms with E-state index in [0.29, 0.717) is 23.5 Å².